The average Bonchev–Trinajstić information content (AvgIpc) is 3.18. The molecule has 2 aromatic rings. The summed E-state index contributed by atoms with van der Waals surface area (Å²) >= 11 is 1.65. The molecule has 1 aromatic heterocycles. The normalized spacial score (nSPS) is 19.5. The van der Waals surface area contributed by atoms with Gasteiger partial charge in [0.2, 0.25) is 0 Å². The van der Waals surface area contributed by atoms with Crippen LogP contribution in [-0.2, 0) is 4.79 Å². The summed E-state index contributed by atoms with van der Waals surface area (Å²) in [5.41, 5.74) is 2.39. The van der Waals surface area contributed by atoms with Crippen LogP contribution in [-0.4, -0.2) is 43.0 Å². The van der Waals surface area contributed by atoms with Gasteiger partial charge in [-0.15, -0.1) is 0 Å². The molecule has 3 heterocycles. The van der Waals surface area contributed by atoms with Crippen LogP contribution in [0.25, 0.3) is 11.8 Å². The number of thioether (sulfide) groups is 1. The molecule has 0 spiro atoms. The van der Waals surface area contributed by atoms with E-state index in [1.54, 1.807) is 27.7 Å². The summed E-state index contributed by atoms with van der Waals surface area (Å²) in [5, 5.41) is 4.92. The van der Waals surface area contributed by atoms with Crippen molar-refractivity contribution in [3.05, 3.63) is 48.2 Å². The molecule has 7 heteroatoms. The first-order valence-electron chi connectivity index (χ1n) is 7.01. The Hall–Kier alpha value is -2.41. The second kappa shape index (κ2) is 5.42. The first-order chi connectivity index (χ1) is 10.8. The summed E-state index contributed by atoms with van der Waals surface area (Å²) in [4.78, 5) is 22.4. The number of hydrogen-bond acceptors (Lipinski definition) is 5. The molecular weight excluding hydrogens is 298 g/mol. The van der Waals surface area contributed by atoms with E-state index in [9.17, 15) is 4.79 Å². The fourth-order valence-electron chi connectivity index (χ4n) is 2.45. The quantitative estimate of drug-likeness (QED) is 0.795. The zero-order valence-electron chi connectivity index (χ0n) is 11.7. The minimum Gasteiger partial charge on any atom is -0.286 e. The van der Waals surface area contributed by atoms with Gasteiger partial charge in [0, 0.05) is 12.3 Å². The number of amides is 1. The van der Waals surface area contributed by atoms with Gasteiger partial charge >= 0.3 is 0 Å². The largest absolute Gasteiger partial charge is 0.286 e. The van der Waals surface area contributed by atoms with E-state index < -0.39 is 0 Å². The van der Waals surface area contributed by atoms with Crippen molar-refractivity contribution in [2.24, 2.45) is 4.99 Å². The number of benzene rings is 1. The number of amidine groups is 1. The molecule has 110 valence electrons. The van der Waals surface area contributed by atoms with E-state index in [0.717, 1.165) is 35.1 Å². The third kappa shape index (κ3) is 2.33. The number of aliphatic imine (C=N–C) groups is 1. The van der Waals surface area contributed by atoms with Crippen LogP contribution >= 0.6 is 11.8 Å². The lowest BCUT2D eigenvalue weighted by molar-refractivity contribution is -0.122. The zero-order chi connectivity index (χ0) is 14.9. The number of rotatable bonds is 2. The molecule has 22 heavy (non-hydrogen) atoms. The number of carbonyl (C=O) groups is 1. The summed E-state index contributed by atoms with van der Waals surface area (Å²) < 4.78 is 1.69. The Morgan fingerprint density at radius 3 is 2.82 bits per heavy atom. The molecule has 1 amide bonds. The van der Waals surface area contributed by atoms with Crippen molar-refractivity contribution < 1.29 is 4.79 Å². The van der Waals surface area contributed by atoms with Crippen molar-refractivity contribution in [3.63, 3.8) is 0 Å². The van der Waals surface area contributed by atoms with Crippen LogP contribution in [0, 0.1) is 0 Å². The molecule has 1 fully saturated rings. The highest BCUT2D eigenvalue weighted by molar-refractivity contribution is 8.13. The molecule has 0 bridgehead atoms. The molecule has 1 saturated heterocycles. The molecule has 6 nitrogen and oxygen atoms in total. The minimum absolute atomic E-state index is 0.00236. The molecule has 0 saturated carbocycles. The number of fused-ring (bicyclic) bond motifs is 1. The van der Waals surface area contributed by atoms with Crippen molar-refractivity contribution in [2.45, 2.75) is 6.42 Å². The van der Waals surface area contributed by atoms with Gasteiger partial charge in [-0.25, -0.2) is 14.7 Å². The fraction of sp³-hybridized carbons (Fsp3) is 0.200. The highest BCUT2D eigenvalue weighted by Gasteiger charge is 2.32. The van der Waals surface area contributed by atoms with Crippen molar-refractivity contribution in [1.29, 1.82) is 0 Å². The highest BCUT2D eigenvalue weighted by atomic mass is 32.2. The standard InChI is InChI=1S/C15H13N5OS/c21-14-13(18-15-19(14)6-1-7-22-15)8-11-2-4-12(5-3-11)20-10-16-9-17-20/h2-5,8-10H,1,6-7H2. The van der Waals surface area contributed by atoms with Gasteiger partial charge in [0.1, 0.15) is 18.4 Å². The number of aromatic nitrogens is 3. The smallest absolute Gasteiger partial charge is 0.278 e. The Labute approximate surface area is 131 Å². The maximum absolute atomic E-state index is 12.3. The third-order valence-electron chi connectivity index (χ3n) is 3.55. The lowest BCUT2D eigenvalue weighted by atomic mass is 10.1. The van der Waals surface area contributed by atoms with Gasteiger partial charge in [0.05, 0.1) is 5.69 Å². The Bertz CT molecular complexity index is 764. The summed E-state index contributed by atoms with van der Waals surface area (Å²) in [6.07, 6.45) is 6.00. The van der Waals surface area contributed by atoms with E-state index >= 15 is 0 Å². The van der Waals surface area contributed by atoms with Crippen molar-refractivity contribution in [2.75, 3.05) is 12.3 Å². The molecule has 2 aliphatic rings. The van der Waals surface area contributed by atoms with Gasteiger partial charge in [0.15, 0.2) is 5.17 Å². The molecule has 2 aliphatic heterocycles. The lowest BCUT2D eigenvalue weighted by Gasteiger charge is -2.21. The predicted molar refractivity (Wildman–Crippen MR) is 85.6 cm³/mol. The average molecular weight is 311 g/mol. The molecule has 0 aliphatic carbocycles. The first-order valence-corrected chi connectivity index (χ1v) is 8.00. The van der Waals surface area contributed by atoms with Gasteiger partial charge in [-0.1, -0.05) is 23.9 Å². The molecule has 0 unspecified atom stereocenters. The lowest BCUT2D eigenvalue weighted by Crippen LogP contribution is -2.34. The third-order valence-corrected chi connectivity index (χ3v) is 4.61. The predicted octanol–water partition coefficient (Wildman–Crippen LogP) is 1.94. The molecule has 0 radical (unpaired) electrons. The number of hydrogen-bond donors (Lipinski definition) is 0. The van der Waals surface area contributed by atoms with Gasteiger partial charge in [-0.2, -0.15) is 5.10 Å². The Morgan fingerprint density at radius 2 is 2.09 bits per heavy atom. The van der Waals surface area contributed by atoms with Crippen LogP contribution in [0.1, 0.15) is 12.0 Å². The first kappa shape index (κ1) is 13.3. The summed E-state index contributed by atoms with van der Waals surface area (Å²) in [5.74, 6) is 1.03. The topological polar surface area (TPSA) is 63.4 Å². The fourth-order valence-corrected chi connectivity index (χ4v) is 3.40. The Kier molecular flexibility index (Phi) is 3.27. The van der Waals surface area contributed by atoms with Crippen LogP contribution in [0.5, 0.6) is 0 Å². The summed E-state index contributed by atoms with van der Waals surface area (Å²) in [6.45, 7) is 0.771. The van der Waals surface area contributed by atoms with Crippen LogP contribution in [0.2, 0.25) is 0 Å². The van der Waals surface area contributed by atoms with E-state index in [1.165, 1.54) is 6.33 Å². The van der Waals surface area contributed by atoms with E-state index in [2.05, 4.69) is 15.1 Å². The molecule has 0 atom stereocenters. The number of carbonyl (C=O) groups excluding carboxylic acids is 1. The van der Waals surface area contributed by atoms with Crippen LogP contribution in [0.3, 0.4) is 0 Å². The molecular formula is C15H13N5OS. The van der Waals surface area contributed by atoms with Crippen molar-refractivity contribution >= 4 is 28.9 Å². The van der Waals surface area contributed by atoms with Crippen molar-refractivity contribution in [3.8, 4) is 5.69 Å². The van der Waals surface area contributed by atoms with Gasteiger partial charge in [-0.05, 0) is 30.2 Å². The van der Waals surface area contributed by atoms with Gasteiger partial charge < -0.3 is 0 Å². The Balaban J connectivity index is 1.60. The minimum atomic E-state index is 0.00236. The highest BCUT2D eigenvalue weighted by Crippen LogP contribution is 2.27. The second-order valence-electron chi connectivity index (χ2n) is 5.01. The summed E-state index contributed by atoms with van der Waals surface area (Å²) in [6, 6.07) is 7.77. The molecule has 4 rings (SSSR count). The monoisotopic (exact) mass is 311 g/mol. The van der Waals surface area contributed by atoms with Crippen LogP contribution in [0.4, 0.5) is 0 Å². The van der Waals surface area contributed by atoms with Crippen LogP contribution in [0.15, 0.2) is 47.6 Å². The van der Waals surface area contributed by atoms with E-state index in [1.807, 2.05) is 30.3 Å². The van der Waals surface area contributed by atoms with E-state index in [-0.39, 0.29) is 5.91 Å². The Morgan fingerprint density at radius 1 is 1.23 bits per heavy atom. The van der Waals surface area contributed by atoms with Gasteiger partial charge in [-0.3, -0.25) is 9.69 Å². The maximum Gasteiger partial charge on any atom is 0.278 e. The second-order valence-corrected chi connectivity index (χ2v) is 6.08. The molecule has 0 N–H and O–H groups in total. The molecule has 1 aromatic carbocycles. The summed E-state index contributed by atoms with van der Waals surface area (Å²) in [7, 11) is 0. The van der Waals surface area contributed by atoms with E-state index in [0.29, 0.717) is 5.70 Å². The van der Waals surface area contributed by atoms with Gasteiger partial charge in [0.25, 0.3) is 5.91 Å². The zero-order valence-corrected chi connectivity index (χ0v) is 12.5. The maximum atomic E-state index is 12.3. The van der Waals surface area contributed by atoms with Crippen LogP contribution < -0.4 is 0 Å². The SMILES string of the molecule is O=C1C(=Cc2ccc(-n3cncn3)cc2)N=C2SCCCN12. The number of nitrogens with zero attached hydrogens (tertiary/aromatic N) is 5. The van der Waals surface area contributed by atoms with E-state index in [4.69, 9.17) is 0 Å². The van der Waals surface area contributed by atoms with Crippen molar-refractivity contribution in [1.82, 2.24) is 19.7 Å².